The summed E-state index contributed by atoms with van der Waals surface area (Å²) >= 11 is 4.17. The Kier molecular flexibility index (Phi) is 3.62. The Morgan fingerprint density at radius 3 is 2.62 bits per heavy atom. The number of nitrogens with one attached hydrogen (secondary N) is 1. The quantitative estimate of drug-likeness (QED) is 0.603. The van der Waals surface area contributed by atoms with Crippen molar-refractivity contribution in [3.8, 4) is 0 Å². The van der Waals surface area contributed by atoms with E-state index in [1.807, 2.05) is 0 Å². The van der Waals surface area contributed by atoms with Crippen LogP contribution in [0.5, 0.6) is 0 Å². The molecule has 3 nitrogen and oxygen atoms in total. The lowest BCUT2D eigenvalue weighted by Gasteiger charge is -2.28. The zero-order chi connectivity index (χ0) is 9.90. The Morgan fingerprint density at radius 1 is 1.62 bits per heavy atom. The van der Waals surface area contributed by atoms with Crippen LogP contribution in [0.4, 0.5) is 0 Å². The van der Waals surface area contributed by atoms with Crippen LogP contribution in [-0.2, 0) is 4.79 Å². The molecule has 1 aliphatic heterocycles. The lowest BCUT2D eigenvalue weighted by atomic mass is 9.88. The smallest absolute Gasteiger partial charge is 0.319 e. The Balaban J connectivity index is 2.41. The van der Waals surface area contributed by atoms with Gasteiger partial charge in [0, 0.05) is 0 Å². The second-order valence-corrected chi connectivity index (χ2v) is 4.96. The maximum Gasteiger partial charge on any atom is 0.319 e. The summed E-state index contributed by atoms with van der Waals surface area (Å²) in [4.78, 5) is 10.8. The molecule has 0 saturated carbocycles. The Morgan fingerprint density at radius 2 is 2.15 bits per heavy atom. The normalized spacial score (nSPS) is 23.8. The standard InChI is InChI=1S/C9H17NO2S/c1-9(13,8(11)12)6-7-2-4-10-5-3-7/h7,10,13H,2-6H2,1H3,(H,11,12). The molecule has 76 valence electrons. The minimum atomic E-state index is -0.859. The van der Waals surface area contributed by atoms with Gasteiger partial charge >= 0.3 is 5.97 Å². The highest BCUT2D eigenvalue weighted by Crippen LogP contribution is 2.28. The van der Waals surface area contributed by atoms with Crippen molar-refractivity contribution in [3.05, 3.63) is 0 Å². The lowest BCUT2D eigenvalue weighted by Crippen LogP contribution is -2.35. The predicted octanol–water partition coefficient (Wildman–Crippen LogP) is 1.15. The van der Waals surface area contributed by atoms with E-state index in [0.717, 1.165) is 25.9 Å². The van der Waals surface area contributed by atoms with Crippen LogP contribution in [0.25, 0.3) is 0 Å². The first kappa shape index (κ1) is 10.9. The Labute approximate surface area is 84.3 Å². The first-order chi connectivity index (χ1) is 6.02. The fraction of sp³-hybridized carbons (Fsp3) is 0.889. The first-order valence-electron chi connectivity index (χ1n) is 4.69. The van der Waals surface area contributed by atoms with E-state index in [0.29, 0.717) is 12.3 Å². The van der Waals surface area contributed by atoms with Crippen LogP contribution >= 0.6 is 12.6 Å². The van der Waals surface area contributed by atoms with Crippen LogP contribution in [0.2, 0.25) is 0 Å². The zero-order valence-electron chi connectivity index (χ0n) is 7.92. The zero-order valence-corrected chi connectivity index (χ0v) is 8.81. The third-order valence-corrected chi connectivity index (χ3v) is 2.98. The van der Waals surface area contributed by atoms with Crippen molar-refractivity contribution in [2.45, 2.75) is 30.9 Å². The average molecular weight is 203 g/mol. The van der Waals surface area contributed by atoms with E-state index in [1.54, 1.807) is 6.92 Å². The van der Waals surface area contributed by atoms with Crippen molar-refractivity contribution in [1.82, 2.24) is 5.32 Å². The number of carboxylic acid groups (broad SMARTS) is 1. The van der Waals surface area contributed by atoms with E-state index in [4.69, 9.17) is 5.11 Å². The van der Waals surface area contributed by atoms with Gasteiger partial charge < -0.3 is 10.4 Å². The minimum Gasteiger partial charge on any atom is -0.480 e. The van der Waals surface area contributed by atoms with Crippen molar-refractivity contribution in [3.63, 3.8) is 0 Å². The number of rotatable bonds is 3. The molecule has 1 saturated heterocycles. The largest absolute Gasteiger partial charge is 0.480 e. The van der Waals surface area contributed by atoms with Gasteiger partial charge in [-0.15, -0.1) is 0 Å². The van der Waals surface area contributed by atoms with E-state index in [2.05, 4.69) is 17.9 Å². The van der Waals surface area contributed by atoms with E-state index in [9.17, 15) is 4.79 Å². The predicted molar refractivity (Wildman–Crippen MR) is 55.2 cm³/mol. The molecule has 0 amide bonds. The van der Waals surface area contributed by atoms with Gasteiger partial charge in [0.1, 0.15) is 4.75 Å². The molecule has 4 heteroatoms. The summed E-state index contributed by atoms with van der Waals surface area (Å²) in [5.74, 6) is -0.297. The van der Waals surface area contributed by atoms with Gasteiger partial charge in [-0.25, -0.2) is 0 Å². The second-order valence-electron chi connectivity index (χ2n) is 3.98. The van der Waals surface area contributed by atoms with Gasteiger partial charge in [0.15, 0.2) is 0 Å². The molecule has 1 fully saturated rings. The molecule has 0 spiro atoms. The summed E-state index contributed by atoms with van der Waals surface area (Å²) < 4.78 is -0.859. The van der Waals surface area contributed by atoms with Crippen molar-refractivity contribution in [1.29, 1.82) is 0 Å². The highest BCUT2D eigenvalue weighted by molar-refractivity contribution is 7.82. The fourth-order valence-electron chi connectivity index (χ4n) is 1.74. The summed E-state index contributed by atoms with van der Waals surface area (Å²) in [6.07, 6.45) is 2.82. The molecule has 0 aromatic carbocycles. The number of aliphatic carboxylic acids is 1. The van der Waals surface area contributed by atoms with Crippen LogP contribution in [0, 0.1) is 5.92 Å². The van der Waals surface area contributed by atoms with Crippen molar-refractivity contribution in [2.75, 3.05) is 13.1 Å². The number of piperidine rings is 1. The molecule has 1 aliphatic rings. The van der Waals surface area contributed by atoms with Crippen molar-refractivity contribution in [2.24, 2.45) is 5.92 Å². The molecule has 0 aliphatic carbocycles. The number of carboxylic acids is 1. The average Bonchev–Trinajstić information content (AvgIpc) is 2.05. The van der Waals surface area contributed by atoms with Gasteiger partial charge in [-0.1, -0.05) is 0 Å². The summed E-state index contributed by atoms with van der Waals surface area (Å²) in [5, 5.41) is 12.1. The van der Waals surface area contributed by atoms with Gasteiger partial charge in [-0.2, -0.15) is 12.6 Å². The summed E-state index contributed by atoms with van der Waals surface area (Å²) in [5.41, 5.74) is 0. The second kappa shape index (κ2) is 4.33. The maximum absolute atomic E-state index is 10.8. The van der Waals surface area contributed by atoms with Gasteiger partial charge in [-0.3, -0.25) is 4.79 Å². The van der Waals surface area contributed by atoms with Crippen LogP contribution < -0.4 is 5.32 Å². The topological polar surface area (TPSA) is 49.3 Å². The summed E-state index contributed by atoms with van der Waals surface area (Å²) in [7, 11) is 0. The number of hydrogen-bond donors (Lipinski definition) is 3. The molecule has 0 radical (unpaired) electrons. The van der Waals surface area contributed by atoms with E-state index < -0.39 is 10.7 Å². The molecule has 0 bridgehead atoms. The first-order valence-corrected chi connectivity index (χ1v) is 5.13. The van der Waals surface area contributed by atoms with Gasteiger partial charge in [-0.05, 0) is 45.2 Å². The minimum absolute atomic E-state index is 0.514. The molecule has 1 rings (SSSR count). The molecule has 13 heavy (non-hydrogen) atoms. The molecule has 1 heterocycles. The van der Waals surface area contributed by atoms with Gasteiger partial charge in [0.05, 0.1) is 0 Å². The SMILES string of the molecule is CC(S)(CC1CCNCC1)C(=O)O. The van der Waals surface area contributed by atoms with Crippen LogP contribution in [-0.4, -0.2) is 28.9 Å². The third-order valence-electron chi connectivity index (χ3n) is 2.61. The number of carbonyl (C=O) groups is 1. The molecular formula is C9H17NO2S. The van der Waals surface area contributed by atoms with Crippen LogP contribution in [0.15, 0.2) is 0 Å². The summed E-state index contributed by atoms with van der Waals surface area (Å²) in [6.45, 7) is 3.70. The maximum atomic E-state index is 10.8. The molecule has 0 aromatic rings. The third kappa shape index (κ3) is 3.19. The molecule has 1 unspecified atom stereocenters. The molecule has 0 aromatic heterocycles. The highest BCUT2D eigenvalue weighted by atomic mass is 32.1. The van der Waals surface area contributed by atoms with Crippen LogP contribution in [0.3, 0.4) is 0 Å². The number of thiol groups is 1. The molecule has 2 N–H and O–H groups in total. The molecular weight excluding hydrogens is 186 g/mol. The number of hydrogen-bond acceptors (Lipinski definition) is 3. The Hall–Kier alpha value is -0.220. The summed E-state index contributed by atoms with van der Waals surface area (Å²) in [6, 6.07) is 0. The van der Waals surface area contributed by atoms with E-state index >= 15 is 0 Å². The Bertz CT molecular complexity index is 188. The monoisotopic (exact) mass is 203 g/mol. The highest BCUT2D eigenvalue weighted by Gasteiger charge is 2.32. The van der Waals surface area contributed by atoms with E-state index in [-0.39, 0.29) is 0 Å². The fourth-order valence-corrected chi connectivity index (χ4v) is 1.99. The molecule has 1 atom stereocenters. The van der Waals surface area contributed by atoms with Crippen molar-refractivity contribution >= 4 is 18.6 Å². The van der Waals surface area contributed by atoms with Gasteiger partial charge in [0.25, 0.3) is 0 Å². The van der Waals surface area contributed by atoms with Gasteiger partial charge in [0.2, 0.25) is 0 Å². The lowest BCUT2D eigenvalue weighted by molar-refractivity contribution is -0.139. The van der Waals surface area contributed by atoms with Crippen molar-refractivity contribution < 1.29 is 9.90 Å². The van der Waals surface area contributed by atoms with Crippen LogP contribution in [0.1, 0.15) is 26.2 Å². The van der Waals surface area contributed by atoms with E-state index in [1.165, 1.54) is 0 Å².